The molecule has 6 nitrogen and oxygen atoms in total. The number of aliphatic hydroxyl groups is 2. The molecule has 29 heavy (non-hydrogen) atoms. The molecule has 0 fully saturated rings. The topological polar surface area (TPSA) is 93.1 Å². The molecule has 0 spiro atoms. The molecule has 1 atom stereocenters. The Morgan fingerprint density at radius 2 is 1.34 bits per heavy atom. The standard InChI is InChI=1S/C23H42O6/c1-2-3-4-5-6-7-8-9-10-11-12-13-14-15-16-17-22(26)29-20-23(27)28-19-21(25)18-24/h9-10,21,24-25H,2-8,11-20H2,1H3/b10-9-. The Bertz CT molecular complexity index is 422. The summed E-state index contributed by atoms with van der Waals surface area (Å²) in [6.45, 7) is 1.00. The van der Waals surface area contributed by atoms with Crippen molar-refractivity contribution in [3.05, 3.63) is 12.2 Å². The Balaban J connectivity index is 3.36. The predicted molar refractivity (Wildman–Crippen MR) is 114 cm³/mol. The predicted octanol–water partition coefficient (Wildman–Crippen LogP) is 4.46. The van der Waals surface area contributed by atoms with Gasteiger partial charge in [-0.05, 0) is 32.1 Å². The number of ether oxygens (including phenoxy) is 2. The van der Waals surface area contributed by atoms with E-state index in [0.29, 0.717) is 6.42 Å². The van der Waals surface area contributed by atoms with Gasteiger partial charge in [0.25, 0.3) is 0 Å². The molecule has 0 aromatic carbocycles. The lowest BCUT2D eigenvalue weighted by Gasteiger charge is -2.08. The number of hydrogen-bond acceptors (Lipinski definition) is 6. The maximum atomic E-state index is 11.5. The summed E-state index contributed by atoms with van der Waals surface area (Å²) in [6, 6.07) is 0. The second-order valence-corrected chi connectivity index (χ2v) is 7.51. The maximum Gasteiger partial charge on any atom is 0.344 e. The molecule has 0 aliphatic heterocycles. The molecule has 0 rings (SSSR count). The maximum absolute atomic E-state index is 11.5. The van der Waals surface area contributed by atoms with E-state index in [9.17, 15) is 9.59 Å². The van der Waals surface area contributed by atoms with Gasteiger partial charge in [0.05, 0.1) is 6.61 Å². The van der Waals surface area contributed by atoms with Gasteiger partial charge in [0.15, 0.2) is 6.61 Å². The first-order valence-electron chi connectivity index (χ1n) is 11.3. The minimum Gasteiger partial charge on any atom is -0.460 e. The van der Waals surface area contributed by atoms with Crippen LogP contribution in [0, 0.1) is 0 Å². The zero-order valence-electron chi connectivity index (χ0n) is 18.3. The Morgan fingerprint density at radius 1 is 0.793 bits per heavy atom. The normalized spacial score (nSPS) is 12.2. The Labute approximate surface area is 176 Å². The van der Waals surface area contributed by atoms with E-state index in [0.717, 1.165) is 32.1 Å². The quantitative estimate of drug-likeness (QED) is 0.173. The molecule has 0 saturated heterocycles. The highest BCUT2D eigenvalue weighted by Crippen LogP contribution is 2.10. The van der Waals surface area contributed by atoms with Gasteiger partial charge in [0.1, 0.15) is 12.7 Å². The van der Waals surface area contributed by atoms with Crippen LogP contribution in [0.3, 0.4) is 0 Å². The zero-order valence-corrected chi connectivity index (χ0v) is 18.3. The molecular weight excluding hydrogens is 372 g/mol. The van der Waals surface area contributed by atoms with E-state index in [1.165, 1.54) is 51.4 Å². The molecule has 170 valence electrons. The zero-order chi connectivity index (χ0) is 21.6. The van der Waals surface area contributed by atoms with Crippen molar-refractivity contribution in [3.63, 3.8) is 0 Å². The van der Waals surface area contributed by atoms with E-state index in [4.69, 9.17) is 14.9 Å². The summed E-state index contributed by atoms with van der Waals surface area (Å²) < 4.78 is 9.47. The van der Waals surface area contributed by atoms with E-state index in [2.05, 4.69) is 23.8 Å². The minimum atomic E-state index is -1.11. The first kappa shape index (κ1) is 27.6. The summed E-state index contributed by atoms with van der Waals surface area (Å²) >= 11 is 0. The lowest BCUT2D eigenvalue weighted by atomic mass is 10.1. The molecule has 0 aliphatic carbocycles. The molecule has 0 aliphatic rings. The van der Waals surface area contributed by atoms with Gasteiger partial charge in [-0.2, -0.15) is 0 Å². The first-order valence-corrected chi connectivity index (χ1v) is 11.3. The summed E-state index contributed by atoms with van der Waals surface area (Å²) in [5.74, 6) is -1.14. The monoisotopic (exact) mass is 414 g/mol. The van der Waals surface area contributed by atoms with E-state index < -0.39 is 31.3 Å². The Morgan fingerprint density at radius 3 is 1.93 bits per heavy atom. The summed E-state index contributed by atoms with van der Waals surface area (Å²) in [5, 5.41) is 17.6. The highest BCUT2D eigenvalue weighted by atomic mass is 16.6. The molecule has 0 radical (unpaired) electrons. The van der Waals surface area contributed by atoms with Gasteiger partial charge >= 0.3 is 11.9 Å². The van der Waals surface area contributed by atoms with Crippen molar-refractivity contribution in [2.45, 2.75) is 103 Å². The van der Waals surface area contributed by atoms with Crippen LogP contribution in [0.1, 0.15) is 96.8 Å². The lowest BCUT2D eigenvalue weighted by molar-refractivity contribution is -0.161. The van der Waals surface area contributed by atoms with Gasteiger partial charge in [0.2, 0.25) is 0 Å². The van der Waals surface area contributed by atoms with Crippen molar-refractivity contribution in [3.8, 4) is 0 Å². The van der Waals surface area contributed by atoms with Gasteiger partial charge in [0, 0.05) is 6.42 Å². The molecule has 1 unspecified atom stereocenters. The van der Waals surface area contributed by atoms with Gasteiger partial charge in [-0.15, -0.1) is 0 Å². The van der Waals surface area contributed by atoms with E-state index in [-0.39, 0.29) is 6.61 Å². The van der Waals surface area contributed by atoms with Crippen molar-refractivity contribution in [1.29, 1.82) is 0 Å². The number of rotatable bonds is 20. The van der Waals surface area contributed by atoms with Gasteiger partial charge < -0.3 is 19.7 Å². The van der Waals surface area contributed by atoms with Crippen LogP contribution in [0.2, 0.25) is 0 Å². The third-order valence-corrected chi connectivity index (χ3v) is 4.64. The molecule has 0 amide bonds. The van der Waals surface area contributed by atoms with Crippen LogP contribution in [0.25, 0.3) is 0 Å². The molecule has 6 heteroatoms. The van der Waals surface area contributed by atoms with Crippen LogP contribution in [-0.2, 0) is 19.1 Å². The summed E-state index contributed by atoms with van der Waals surface area (Å²) in [6.07, 6.45) is 19.4. The molecule has 0 bridgehead atoms. The average Bonchev–Trinajstić information content (AvgIpc) is 2.73. The number of hydrogen-bond donors (Lipinski definition) is 2. The molecule has 0 aromatic heterocycles. The average molecular weight is 415 g/mol. The summed E-state index contributed by atoms with van der Waals surface area (Å²) in [4.78, 5) is 22.8. The first-order chi connectivity index (χ1) is 14.1. The van der Waals surface area contributed by atoms with Crippen LogP contribution in [0.4, 0.5) is 0 Å². The van der Waals surface area contributed by atoms with Gasteiger partial charge in [-0.3, -0.25) is 4.79 Å². The fourth-order valence-electron chi connectivity index (χ4n) is 2.84. The number of allylic oxidation sites excluding steroid dienone is 2. The molecule has 0 saturated carbocycles. The van der Waals surface area contributed by atoms with Crippen molar-refractivity contribution in [2.75, 3.05) is 19.8 Å². The molecule has 0 heterocycles. The third-order valence-electron chi connectivity index (χ3n) is 4.64. The van der Waals surface area contributed by atoms with Gasteiger partial charge in [-0.1, -0.05) is 70.4 Å². The number of carbonyl (C=O) groups is 2. The number of esters is 2. The highest BCUT2D eigenvalue weighted by molar-refractivity contribution is 5.76. The van der Waals surface area contributed by atoms with Crippen LogP contribution >= 0.6 is 0 Å². The van der Waals surface area contributed by atoms with E-state index >= 15 is 0 Å². The molecular formula is C23H42O6. The molecule has 0 aromatic rings. The largest absolute Gasteiger partial charge is 0.460 e. The highest BCUT2D eigenvalue weighted by Gasteiger charge is 2.10. The second-order valence-electron chi connectivity index (χ2n) is 7.51. The van der Waals surface area contributed by atoms with E-state index in [1.807, 2.05) is 0 Å². The lowest BCUT2D eigenvalue weighted by Crippen LogP contribution is -2.24. The van der Waals surface area contributed by atoms with Crippen LogP contribution in [-0.4, -0.2) is 48.1 Å². The SMILES string of the molecule is CCCCCCCC/C=C\CCCCCCCC(=O)OCC(=O)OCC(O)CO. The number of aliphatic hydroxyl groups excluding tert-OH is 2. The fraction of sp³-hybridized carbons (Fsp3) is 0.826. The van der Waals surface area contributed by atoms with Crippen molar-refractivity contribution >= 4 is 11.9 Å². The second kappa shape index (κ2) is 21.3. The Hall–Kier alpha value is -1.40. The van der Waals surface area contributed by atoms with Crippen LogP contribution < -0.4 is 0 Å². The summed E-state index contributed by atoms with van der Waals surface area (Å²) in [7, 11) is 0. The van der Waals surface area contributed by atoms with Gasteiger partial charge in [-0.25, -0.2) is 4.79 Å². The third kappa shape index (κ3) is 21.1. The molecule has 2 N–H and O–H groups in total. The smallest absolute Gasteiger partial charge is 0.344 e. The van der Waals surface area contributed by atoms with Crippen LogP contribution in [0.5, 0.6) is 0 Å². The van der Waals surface area contributed by atoms with E-state index in [1.54, 1.807) is 0 Å². The van der Waals surface area contributed by atoms with Crippen LogP contribution in [0.15, 0.2) is 12.2 Å². The number of unbranched alkanes of at least 4 members (excludes halogenated alkanes) is 11. The van der Waals surface area contributed by atoms with Crippen molar-refractivity contribution in [2.24, 2.45) is 0 Å². The minimum absolute atomic E-state index is 0.296. The number of carbonyl (C=O) groups excluding carboxylic acids is 2. The summed E-state index contributed by atoms with van der Waals surface area (Å²) in [5.41, 5.74) is 0. The van der Waals surface area contributed by atoms with Crippen molar-refractivity contribution < 1.29 is 29.3 Å². The fourth-order valence-corrected chi connectivity index (χ4v) is 2.84. The van der Waals surface area contributed by atoms with Crippen molar-refractivity contribution in [1.82, 2.24) is 0 Å². The Kier molecular flexibility index (Phi) is 20.3.